The van der Waals surface area contributed by atoms with Gasteiger partial charge in [-0.25, -0.2) is 0 Å². The Morgan fingerprint density at radius 3 is 2.62 bits per heavy atom. The molecule has 34 heavy (non-hydrogen) atoms. The number of amides is 2. The van der Waals surface area contributed by atoms with Crippen LogP contribution in [0.3, 0.4) is 0 Å². The number of fused-ring (bicyclic) bond motifs is 1. The van der Waals surface area contributed by atoms with Crippen molar-refractivity contribution in [2.75, 3.05) is 0 Å². The number of imide groups is 1. The van der Waals surface area contributed by atoms with Crippen molar-refractivity contribution in [1.82, 2.24) is 21.3 Å². The van der Waals surface area contributed by atoms with E-state index >= 15 is 0 Å². The second-order valence-electron chi connectivity index (χ2n) is 8.78. The van der Waals surface area contributed by atoms with E-state index in [0.717, 1.165) is 60.5 Å². The maximum absolute atomic E-state index is 11.8. The number of nitrogens with one attached hydrogen (secondary N) is 4. The van der Waals surface area contributed by atoms with Crippen molar-refractivity contribution in [3.8, 4) is 5.75 Å². The van der Waals surface area contributed by atoms with E-state index in [4.69, 9.17) is 0 Å². The molecule has 1 saturated heterocycles. The number of phenolic OH excluding ortho intramolecular Hbond substituents is 1. The van der Waals surface area contributed by atoms with Crippen LogP contribution in [-0.4, -0.2) is 40.8 Å². The Bertz CT molecular complexity index is 1200. The molecule has 5 rings (SSSR count). The number of benzene rings is 2. The van der Waals surface area contributed by atoms with Crippen LogP contribution in [0.4, 0.5) is 4.79 Å². The number of carbonyl (C=O) groups excluding carboxylic acids is 2. The van der Waals surface area contributed by atoms with Crippen LogP contribution in [0.1, 0.15) is 31.2 Å². The van der Waals surface area contributed by atoms with Gasteiger partial charge in [-0.2, -0.15) is 0 Å². The molecule has 2 amide bonds. The minimum Gasteiger partial charge on any atom is -0.508 e. The van der Waals surface area contributed by atoms with Crippen LogP contribution < -0.4 is 21.3 Å². The van der Waals surface area contributed by atoms with Crippen LogP contribution in [0, 0.1) is 0 Å². The molecule has 2 aliphatic heterocycles. The molecule has 5 N–H and O–H groups in total. The molecule has 2 fully saturated rings. The highest BCUT2D eigenvalue weighted by atomic mass is 32.2. The van der Waals surface area contributed by atoms with Gasteiger partial charge in [0.25, 0.3) is 11.1 Å². The molecule has 0 bridgehead atoms. The van der Waals surface area contributed by atoms with Gasteiger partial charge >= 0.3 is 0 Å². The first-order valence-corrected chi connectivity index (χ1v) is 12.3. The normalized spacial score (nSPS) is 25.9. The minimum absolute atomic E-state index is 0.256. The van der Waals surface area contributed by atoms with E-state index < -0.39 is 0 Å². The summed E-state index contributed by atoms with van der Waals surface area (Å²) in [5, 5.41) is 24.2. The fraction of sp³-hybridized carbons (Fsp3) is 0.320. The van der Waals surface area contributed by atoms with Crippen molar-refractivity contribution in [2.24, 2.45) is 4.99 Å². The lowest BCUT2D eigenvalue weighted by molar-refractivity contribution is -0.115. The molecular formula is C25H27N5O3S. The first kappa shape index (κ1) is 22.6. The van der Waals surface area contributed by atoms with Gasteiger partial charge in [0.15, 0.2) is 6.29 Å². The molecule has 1 atom stereocenters. The van der Waals surface area contributed by atoms with Gasteiger partial charge in [-0.15, -0.1) is 0 Å². The van der Waals surface area contributed by atoms with Crippen LogP contribution in [0.15, 0.2) is 64.1 Å². The molecular weight excluding hydrogens is 450 g/mol. The van der Waals surface area contributed by atoms with Crippen molar-refractivity contribution in [3.63, 3.8) is 0 Å². The van der Waals surface area contributed by atoms with Gasteiger partial charge in [-0.05, 0) is 84.1 Å². The molecule has 0 spiro atoms. The summed E-state index contributed by atoms with van der Waals surface area (Å²) < 4.78 is 0. The fourth-order valence-corrected chi connectivity index (χ4v) is 5.20. The van der Waals surface area contributed by atoms with Gasteiger partial charge in [0, 0.05) is 30.5 Å². The maximum Gasteiger partial charge on any atom is 0.290 e. The number of nitrogens with zero attached hydrogens (tertiary/aromatic N) is 1. The molecule has 2 aromatic carbocycles. The number of aliphatic imine (C=N–C) groups is 1. The van der Waals surface area contributed by atoms with Gasteiger partial charge < -0.3 is 15.7 Å². The first-order chi connectivity index (χ1) is 16.5. The van der Waals surface area contributed by atoms with E-state index in [0.29, 0.717) is 22.7 Å². The van der Waals surface area contributed by atoms with E-state index in [9.17, 15) is 14.7 Å². The number of thioether (sulfide) groups is 1. The van der Waals surface area contributed by atoms with E-state index in [2.05, 4.69) is 44.5 Å². The number of allylic oxidation sites excluding steroid dienone is 2. The molecule has 9 heteroatoms. The quantitative estimate of drug-likeness (QED) is 0.406. The third kappa shape index (κ3) is 5.49. The molecule has 0 radical (unpaired) electrons. The molecule has 1 saturated carbocycles. The summed E-state index contributed by atoms with van der Waals surface area (Å²) in [5.74, 6) is -0.0719. The minimum atomic E-state index is -0.362. The average molecular weight is 478 g/mol. The highest BCUT2D eigenvalue weighted by molar-refractivity contribution is 8.18. The van der Waals surface area contributed by atoms with E-state index in [1.165, 1.54) is 5.56 Å². The van der Waals surface area contributed by atoms with Crippen molar-refractivity contribution in [2.45, 2.75) is 50.6 Å². The third-order valence-corrected chi connectivity index (χ3v) is 7.14. The standard InChI is InChI=1S/C25H27N5O3S/c31-21-8-3-16-11-15(1-2-17(16)12-21)14-27-18-4-6-19(7-5-18)28-24-26-10-9-20(29-24)13-22-23(32)30-25(33)34-22/h1-3,8-13,18-19,24,27-29,31H,4-7,14H2,(H,30,32,33)/b22-13-/t18-,19-,24?. The molecule has 1 unspecified atom stereocenters. The zero-order valence-electron chi connectivity index (χ0n) is 18.6. The van der Waals surface area contributed by atoms with Gasteiger partial charge in [0.2, 0.25) is 0 Å². The molecule has 1 aliphatic carbocycles. The average Bonchev–Trinajstić information content (AvgIpc) is 3.15. The molecule has 3 aliphatic rings. The number of carbonyl (C=O) groups is 2. The Balaban J connectivity index is 1.07. The summed E-state index contributed by atoms with van der Waals surface area (Å²) in [6.07, 6.45) is 9.21. The van der Waals surface area contributed by atoms with E-state index in [1.807, 2.05) is 6.07 Å². The largest absolute Gasteiger partial charge is 0.508 e. The predicted molar refractivity (Wildman–Crippen MR) is 134 cm³/mol. The second-order valence-corrected chi connectivity index (χ2v) is 9.80. The SMILES string of the molecule is O=C1NC(=O)/C(=C/C2=CC=NC(N[C@H]3CC[C@H](NCc4ccc5cc(O)ccc5c4)CC3)N2)S1. The lowest BCUT2D eigenvalue weighted by atomic mass is 9.91. The van der Waals surface area contributed by atoms with E-state index in [-0.39, 0.29) is 17.4 Å². The van der Waals surface area contributed by atoms with Crippen molar-refractivity contribution < 1.29 is 14.7 Å². The number of rotatable bonds is 6. The number of hydrogen-bond donors (Lipinski definition) is 5. The number of phenols is 1. The van der Waals surface area contributed by atoms with Gasteiger partial charge in [0.05, 0.1) is 4.91 Å². The summed E-state index contributed by atoms with van der Waals surface area (Å²) in [4.78, 5) is 27.9. The smallest absolute Gasteiger partial charge is 0.290 e. The Labute approximate surface area is 202 Å². The maximum atomic E-state index is 11.8. The Morgan fingerprint density at radius 2 is 1.82 bits per heavy atom. The number of aromatic hydroxyl groups is 1. The summed E-state index contributed by atoms with van der Waals surface area (Å²) >= 11 is 0.907. The van der Waals surface area contributed by atoms with Crippen molar-refractivity contribution in [3.05, 3.63) is 64.7 Å². The first-order valence-electron chi connectivity index (χ1n) is 11.5. The zero-order chi connectivity index (χ0) is 23.5. The third-order valence-electron chi connectivity index (χ3n) is 6.33. The highest BCUT2D eigenvalue weighted by Crippen LogP contribution is 2.25. The van der Waals surface area contributed by atoms with E-state index in [1.54, 1.807) is 30.5 Å². The van der Waals surface area contributed by atoms with Gasteiger partial charge in [-0.1, -0.05) is 18.2 Å². The molecule has 176 valence electrons. The van der Waals surface area contributed by atoms with Crippen molar-refractivity contribution in [1.29, 1.82) is 0 Å². The summed E-state index contributed by atoms with van der Waals surface area (Å²) in [7, 11) is 0. The van der Waals surface area contributed by atoms with Crippen LogP contribution in [-0.2, 0) is 11.3 Å². The summed E-state index contributed by atoms with van der Waals surface area (Å²) in [6.45, 7) is 0.824. The molecule has 2 aromatic rings. The molecule has 2 heterocycles. The lowest BCUT2D eigenvalue weighted by Gasteiger charge is -2.32. The van der Waals surface area contributed by atoms with Crippen LogP contribution in [0.2, 0.25) is 0 Å². The Hall–Kier alpha value is -3.14. The second kappa shape index (κ2) is 10.0. The fourth-order valence-electron chi connectivity index (χ4n) is 4.53. The number of hydrogen-bond acceptors (Lipinski definition) is 8. The summed E-state index contributed by atoms with van der Waals surface area (Å²) in [6, 6.07) is 12.6. The van der Waals surface area contributed by atoms with Crippen LogP contribution in [0.25, 0.3) is 10.8 Å². The van der Waals surface area contributed by atoms with Gasteiger partial charge in [-0.3, -0.25) is 25.2 Å². The summed E-state index contributed by atoms with van der Waals surface area (Å²) in [5.41, 5.74) is 1.99. The van der Waals surface area contributed by atoms with Crippen molar-refractivity contribution >= 4 is 39.9 Å². The molecule has 8 nitrogen and oxygen atoms in total. The highest BCUT2D eigenvalue weighted by Gasteiger charge is 2.27. The topological polar surface area (TPSA) is 115 Å². The Morgan fingerprint density at radius 1 is 1.06 bits per heavy atom. The molecule has 0 aromatic heterocycles. The predicted octanol–water partition coefficient (Wildman–Crippen LogP) is 3.24. The monoisotopic (exact) mass is 477 g/mol. The Kier molecular flexibility index (Phi) is 6.66. The zero-order valence-corrected chi connectivity index (χ0v) is 19.4. The van der Waals surface area contributed by atoms with Crippen LogP contribution >= 0.6 is 11.8 Å². The van der Waals surface area contributed by atoms with Crippen LogP contribution in [0.5, 0.6) is 5.75 Å². The lowest BCUT2D eigenvalue weighted by Crippen LogP contribution is -2.49. The van der Waals surface area contributed by atoms with Gasteiger partial charge in [0.1, 0.15) is 5.75 Å².